The molecule has 1 N–H and O–H groups in total. The third kappa shape index (κ3) is 3.01. The zero-order valence-corrected chi connectivity index (χ0v) is 12.5. The number of likely N-dealkylation sites (tertiary alicyclic amines) is 1. The second kappa shape index (κ2) is 6.16. The maximum absolute atomic E-state index is 12.4. The van der Waals surface area contributed by atoms with Crippen LogP contribution in [-0.2, 0) is 16.0 Å². The van der Waals surface area contributed by atoms with Gasteiger partial charge in [0.05, 0.1) is 7.11 Å². The van der Waals surface area contributed by atoms with Crippen LogP contribution < -0.4 is 4.74 Å². The van der Waals surface area contributed by atoms with Crippen molar-refractivity contribution in [2.24, 2.45) is 0 Å². The molecule has 1 aliphatic heterocycles. The van der Waals surface area contributed by atoms with Crippen molar-refractivity contribution in [1.29, 1.82) is 0 Å². The van der Waals surface area contributed by atoms with E-state index in [1.807, 2.05) is 24.3 Å². The van der Waals surface area contributed by atoms with Crippen molar-refractivity contribution in [3.05, 3.63) is 29.8 Å². The van der Waals surface area contributed by atoms with Crippen molar-refractivity contribution >= 4 is 11.9 Å². The molecule has 5 nitrogen and oxygen atoms in total. The predicted molar refractivity (Wildman–Crippen MR) is 78.3 cm³/mol. The molecule has 1 aromatic carbocycles. The summed E-state index contributed by atoms with van der Waals surface area (Å²) in [5, 5.41) is 9.35. The van der Waals surface area contributed by atoms with Crippen LogP contribution in [0.15, 0.2) is 24.3 Å². The number of rotatable bonds is 5. The monoisotopic (exact) mass is 291 g/mol. The highest BCUT2D eigenvalue weighted by Gasteiger charge is 2.45. The van der Waals surface area contributed by atoms with Gasteiger partial charge in [0.15, 0.2) is 0 Å². The molecule has 0 aliphatic carbocycles. The normalized spacial score (nSPS) is 21.3. The smallest absolute Gasteiger partial charge is 0.329 e. The number of nitrogens with zero attached hydrogens (tertiary/aromatic N) is 1. The van der Waals surface area contributed by atoms with Crippen molar-refractivity contribution in [2.75, 3.05) is 13.7 Å². The van der Waals surface area contributed by atoms with Crippen molar-refractivity contribution in [1.82, 2.24) is 4.90 Å². The van der Waals surface area contributed by atoms with Gasteiger partial charge in [0.25, 0.3) is 0 Å². The van der Waals surface area contributed by atoms with Crippen LogP contribution in [0.5, 0.6) is 5.75 Å². The molecule has 0 aromatic heterocycles. The number of carbonyl (C=O) groups is 2. The first kappa shape index (κ1) is 15.4. The van der Waals surface area contributed by atoms with Crippen molar-refractivity contribution in [3.63, 3.8) is 0 Å². The molecule has 0 spiro atoms. The second-order valence-corrected chi connectivity index (χ2v) is 5.54. The van der Waals surface area contributed by atoms with E-state index in [0.717, 1.165) is 17.7 Å². The summed E-state index contributed by atoms with van der Waals surface area (Å²) in [7, 11) is 1.60. The Morgan fingerprint density at radius 3 is 2.76 bits per heavy atom. The van der Waals surface area contributed by atoms with Gasteiger partial charge in [0.1, 0.15) is 11.3 Å². The summed E-state index contributed by atoms with van der Waals surface area (Å²) >= 11 is 0. The molecule has 114 valence electrons. The molecule has 1 unspecified atom stereocenters. The van der Waals surface area contributed by atoms with Crippen LogP contribution in [0.4, 0.5) is 0 Å². The Hall–Kier alpha value is -2.04. The largest absolute Gasteiger partial charge is 0.496 e. The SMILES string of the molecule is COc1ccccc1CCC(=O)N1CCCC1(C)C(=O)O. The molecule has 1 heterocycles. The minimum atomic E-state index is -1.06. The molecule has 1 aromatic rings. The zero-order valence-electron chi connectivity index (χ0n) is 12.5. The number of amides is 1. The fraction of sp³-hybridized carbons (Fsp3) is 0.500. The molecule has 5 heteroatoms. The van der Waals surface area contributed by atoms with Gasteiger partial charge in [-0.05, 0) is 37.8 Å². The quantitative estimate of drug-likeness (QED) is 0.902. The van der Waals surface area contributed by atoms with E-state index >= 15 is 0 Å². The van der Waals surface area contributed by atoms with Gasteiger partial charge in [-0.2, -0.15) is 0 Å². The molecule has 2 rings (SSSR count). The molecule has 21 heavy (non-hydrogen) atoms. The maximum Gasteiger partial charge on any atom is 0.329 e. The molecule has 1 saturated heterocycles. The Morgan fingerprint density at radius 2 is 2.10 bits per heavy atom. The highest BCUT2D eigenvalue weighted by molar-refractivity contribution is 5.87. The van der Waals surface area contributed by atoms with Crippen molar-refractivity contribution in [2.45, 2.75) is 38.1 Å². The van der Waals surface area contributed by atoms with Gasteiger partial charge >= 0.3 is 5.97 Å². The number of hydrogen-bond donors (Lipinski definition) is 1. The first-order valence-corrected chi connectivity index (χ1v) is 7.15. The fourth-order valence-corrected chi connectivity index (χ4v) is 2.87. The van der Waals surface area contributed by atoms with Gasteiger partial charge in [0, 0.05) is 13.0 Å². The van der Waals surface area contributed by atoms with Gasteiger partial charge in [-0.1, -0.05) is 18.2 Å². The summed E-state index contributed by atoms with van der Waals surface area (Å²) in [5.74, 6) is -0.276. The van der Waals surface area contributed by atoms with E-state index < -0.39 is 11.5 Å². The summed E-state index contributed by atoms with van der Waals surface area (Å²) < 4.78 is 5.26. The Morgan fingerprint density at radius 1 is 1.38 bits per heavy atom. The van der Waals surface area contributed by atoms with Crippen LogP contribution in [0.2, 0.25) is 0 Å². The van der Waals surface area contributed by atoms with Gasteiger partial charge < -0.3 is 14.7 Å². The molecule has 1 amide bonds. The van der Waals surface area contributed by atoms with Crippen LogP contribution in [0.25, 0.3) is 0 Å². The van der Waals surface area contributed by atoms with Crippen molar-refractivity contribution < 1.29 is 19.4 Å². The number of carbonyl (C=O) groups excluding carboxylic acids is 1. The number of methoxy groups -OCH3 is 1. The van der Waals surface area contributed by atoms with Gasteiger partial charge in [0.2, 0.25) is 5.91 Å². The lowest BCUT2D eigenvalue weighted by Gasteiger charge is -2.31. The average molecular weight is 291 g/mol. The number of aryl methyl sites for hydroxylation is 1. The van der Waals surface area contributed by atoms with Crippen LogP contribution in [0.3, 0.4) is 0 Å². The molecule has 1 aliphatic rings. The molecule has 0 radical (unpaired) electrons. The van der Waals surface area contributed by atoms with Crippen LogP contribution in [0, 0.1) is 0 Å². The van der Waals surface area contributed by atoms with E-state index in [1.165, 1.54) is 4.90 Å². The molecule has 0 saturated carbocycles. The summed E-state index contributed by atoms with van der Waals surface area (Å²) in [6, 6.07) is 7.56. The van der Waals surface area contributed by atoms with Crippen LogP contribution in [-0.4, -0.2) is 41.1 Å². The van der Waals surface area contributed by atoms with Gasteiger partial charge in [-0.3, -0.25) is 4.79 Å². The topological polar surface area (TPSA) is 66.8 Å². The van der Waals surface area contributed by atoms with Gasteiger partial charge in [-0.15, -0.1) is 0 Å². The maximum atomic E-state index is 12.4. The summed E-state index contributed by atoms with van der Waals surface area (Å²) in [4.78, 5) is 25.3. The van der Waals surface area contributed by atoms with E-state index in [9.17, 15) is 14.7 Å². The number of carboxylic acid groups (broad SMARTS) is 1. The summed E-state index contributed by atoms with van der Waals surface area (Å²) in [6.07, 6.45) is 2.10. The van der Waals surface area contributed by atoms with Crippen molar-refractivity contribution in [3.8, 4) is 5.75 Å². The summed E-state index contributed by atoms with van der Waals surface area (Å²) in [6.45, 7) is 2.15. The Bertz CT molecular complexity index is 543. The average Bonchev–Trinajstić information content (AvgIpc) is 2.88. The molecule has 0 bridgehead atoms. The van der Waals surface area contributed by atoms with E-state index in [1.54, 1.807) is 14.0 Å². The molecule has 1 atom stereocenters. The highest BCUT2D eigenvalue weighted by atomic mass is 16.5. The second-order valence-electron chi connectivity index (χ2n) is 5.54. The van der Waals surface area contributed by atoms with E-state index in [0.29, 0.717) is 25.8 Å². The number of ether oxygens (including phenoxy) is 1. The summed E-state index contributed by atoms with van der Waals surface area (Å²) in [5.41, 5.74) is -0.0951. The Labute approximate surface area is 124 Å². The number of para-hydroxylation sites is 1. The number of aliphatic carboxylic acids is 1. The standard InChI is InChI=1S/C16H21NO4/c1-16(15(19)20)10-5-11-17(16)14(18)9-8-12-6-3-4-7-13(12)21-2/h3-4,6-7H,5,8-11H2,1-2H3,(H,19,20). The molecule has 1 fully saturated rings. The molecular weight excluding hydrogens is 270 g/mol. The lowest BCUT2D eigenvalue weighted by atomic mass is 9.98. The minimum absolute atomic E-state index is 0.108. The lowest BCUT2D eigenvalue weighted by Crippen LogP contribution is -2.50. The minimum Gasteiger partial charge on any atom is -0.496 e. The first-order chi connectivity index (χ1) is 9.99. The number of hydrogen-bond acceptors (Lipinski definition) is 3. The van der Waals surface area contributed by atoms with Crippen LogP contribution in [0.1, 0.15) is 31.7 Å². The zero-order chi connectivity index (χ0) is 15.5. The highest BCUT2D eigenvalue weighted by Crippen LogP contribution is 2.30. The molecular formula is C16H21NO4. The number of benzene rings is 1. The lowest BCUT2D eigenvalue weighted by molar-refractivity contribution is -0.155. The third-order valence-electron chi connectivity index (χ3n) is 4.20. The Balaban J connectivity index is 2.03. The van der Waals surface area contributed by atoms with E-state index in [2.05, 4.69) is 0 Å². The predicted octanol–water partition coefficient (Wildman–Crippen LogP) is 2.09. The van der Waals surface area contributed by atoms with E-state index in [4.69, 9.17) is 4.74 Å². The van der Waals surface area contributed by atoms with Crippen LogP contribution >= 0.6 is 0 Å². The third-order valence-corrected chi connectivity index (χ3v) is 4.20. The fourth-order valence-electron chi connectivity index (χ4n) is 2.87. The van der Waals surface area contributed by atoms with E-state index in [-0.39, 0.29) is 5.91 Å². The van der Waals surface area contributed by atoms with Gasteiger partial charge in [-0.25, -0.2) is 4.79 Å². The number of carboxylic acids is 1. The Kier molecular flexibility index (Phi) is 4.50. The first-order valence-electron chi connectivity index (χ1n) is 7.15.